The molecule has 0 atom stereocenters. The molecule has 2 nitrogen and oxygen atoms in total. The van der Waals surface area contributed by atoms with Gasteiger partial charge in [0.25, 0.3) is 0 Å². The summed E-state index contributed by atoms with van der Waals surface area (Å²) in [5.74, 6) is 0.211. The molecule has 0 saturated carbocycles. The number of rotatable bonds is 5. The highest BCUT2D eigenvalue weighted by atomic mass is 79.9. The first-order valence-corrected chi connectivity index (χ1v) is 7.93. The van der Waals surface area contributed by atoms with Crippen LogP contribution in [0.4, 0.5) is 4.39 Å². The second-order valence-corrected chi connectivity index (χ2v) is 5.95. The maximum absolute atomic E-state index is 13.7. The number of benzene rings is 2. The van der Waals surface area contributed by atoms with Gasteiger partial charge in [0, 0.05) is 17.2 Å². The standard InChI is InChI=1S/C18H18BrFO2/c1-4-13-6-5-7-14(18(19)21)15(13)10-22-17-9-16(20)11(2)8-12(17)3/h5-9H,4,10H2,1-3H3. The smallest absolute Gasteiger partial charge is 0.228 e. The van der Waals surface area contributed by atoms with Gasteiger partial charge in [-0.05, 0) is 59.0 Å². The van der Waals surface area contributed by atoms with E-state index in [-0.39, 0.29) is 17.1 Å². The van der Waals surface area contributed by atoms with Crippen molar-refractivity contribution in [3.05, 3.63) is 64.0 Å². The Morgan fingerprint density at radius 3 is 2.59 bits per heavy atom. The van der Waals surface area contributed by atoms with Gasteiger partial charge in [0.1, 0.15) is 18.2 Å². The van der Waals surface area contributed by atoms with Crippen molar-refractivity contribution in [2.75, 3.05) is 0 Å². The average Bonchev–Trinajstić information content (AvgIpc) is 2.49. The van der Waals surface area contributed by atoms with Gasteiger partial charge in [-0.3, -0.25) is 4.79 Å². The van der Waals surface area contributed by atoms with Crippen LogP contribution in [0.15, 0.2) is 30.3 Å². The van der Waals surface area contributed by atoms with Crippen molar-refractivity contribution in [1.29, 1.82) is 0 Å². The third-order valence-electron chi connectivity index (χ3n) is 3.69. The van der Waals surface area contributed by atoms with Crippen molar-refractivity contribution in [1.82, 2.24) is 0 Å². The van der Waals surface area contributed by atoms with E-state index in [0.717, 1.165) is 23.1 Å². The molecule has 22 heavy (non-hydrogen) atoms. The van der Waals surface area contributed by atoms with Gasteiger partial charge >= 0.3 is 0 Å². The summed E-state index contributed by atoms with van der Waals surface area (Å²) in [7, 11) is 0. The number of hydrogen-bond acceptors (Lipinski definition) is 2. The minimum absolute atomic E-state index is 0.173. The zero-order valence-electron chi connectivity index (χ0n) is 12.9. The Bertz CT molecular complexity index is 710. The Morgan fingerprint density at radius 1 is 1.23 bits per heavy atom. The Balaban J connectivity index is 2.32. The Hall–Kier alpha value is -1.68. The van der Waals surface area contributed by atoms with Crippen molar-refractivity contribution in [3.8, 4) is 5.75 Å². The molecule has 116 valence electrons. The van der Waals surface area contributed by atoms with Gasteiger partial charge in [-0.2, -0.15) is 0 Å². The highest BCUT2D eigenvalue weighted by Crippen LogP contribution is 2.25. The average molecular weight is 365 g/mol. The Morgan fingerprint density at radius 2 is 1.95 bits per heavy atom. The molecule has 2 aromatic rings. The third-order valence-corrected chi connectivity index (χ3v) is 4.12. The SMILES string of the molecule is CCc1cccc(C(=O)Br)c1COc1cc(F)c(C)cc1C. The predicted molar refractivity (Wildman–Crippen MR) is 89.3 cm³/mol. The maximum atomic E-state index is 13.7. The lowest BCUT2D eigenvalue weighted by atomic mass is 10.0. The quantitative estimate of drug-likeness (QED) is 0.688. The fraction of sp³-hybridized carbons (Fsp3) is 0.278. The van der Waals surface area contributed by atoms with Gasteiger partial charge < -0.3 is 4.74 Å². The highest BCUT2D eigenvalue weighted by molar-refractivity contribution is 9.18. The zero-order chi connectivity index (χ0) is 16.3. The van der Waals surface area contributed by atoms with E-state index >= 15 is 0 Å². The predicted octanol–water partition coefficient (Wildman–Crippen LogP) is 5.12. The van der Waals surface area contributed by atoms with Gasteiger partial charge in [-0.15, -0.1) is 0 Å². The number of carbonyl (C=O) groups excluding carboxylic acids is 1. The van der Waals surface area contributed by atoms with Crippen molar-refractivity contribution in [3.63, 3.8) is 0 Å². The Kier molecular flexibility index (Phi) is 5.35. The molecule has 0 fully saturated rings. The minimum atomic E-state index is -0.291. The fourth-order valence-corrected chi connectivity index (χ4v) is 2.80. The van der Waals surface area contributed by atoms with E-state index in [2.05, 4.69) is 15.9 Å². The lowest BCUT2D eigenvalue weighted by molar-refractivity contribution is 0.109. The van der Waals surface area contributed by atoms with Crippen LogP contribution in [0, 0.1) is 19.7 Å². The second-order valence-electron chi connectivity index (χ2n) is 5.23. The van der Waals surface area contributed by atoms with Crippen LogP contribution < -0.4 is 4.74 Å². The summed E-state index contributed by atoms with van der Waals surface area (Å²) >= 11 is 3.00. The zero-order valence-corrected chi connectivity index (χ0v) is 14.5. The van der Waals surface area contributed by atoms with Crippen LogP contribution in [0.25, 0.3) is 0 Å². The monoisotopic (exact) mass is 364 g/mol. The molecular weight excluding hydrogens is 347 g/mol. The fourth-order valence-electron chi connectivity index (χ4n) is 2.43. The number of carbonyl (C=O) groups is 1. The van der Waals surface area contributed by atoms with E-state index in [4.69, 9.17) is 4.74 Å². The van der Waals surface area contributed by atoms with E-state index in [1.807, 2.05) is 26.0 Å². The molecule has 0 spiro atoms. The maximum Gasteiger partial charge on any atom is 0.228 e. The molecular formula is C18H18BrFO2. The van der Waals surface area contributed by atoms with E-state index in [1.54, 1.807) is 19.1 Å². The van der Waals surface area contributed by atoms with E-state index in [9.17, 15) is 9.18 Å². The number of aryl methyl sites for hydroxylation is 3. The summed E-state index contributed by atoms with van der Waals surface area (Å²) in [6.45, 7) is 5.86. The summed E-state index contributed by atoms with van der Waals surface area (Å²) in [6.07, 6.45) is 0.800. The lowest BCUT2D eigenvalue weighted by Gasteiger charge is -2.15. The van der Waals surface area contributed by atoms with Gasteiger partial charge in [-0.25, -0.2) is 4.39 Å². The largest absolute Gasteiger partial charge is 0.488 e. The molecule has 0 heterocycles. The molecule has 4 heteroatoms. The first-order chi connectivity index (χ1) is 10.4. The molecule has 0 saturated heterocycles. The van der Waals surface area contributed by atoms with Crippen molar-refractivity contribution < 1.29 is 13.9 Å². The van der Waals surface area contributed by atoms with Crippen LogP contribution in [0.3, 0.4) is 0 Å². The first-order valence-electron chi connectivity index (χ1n) is 7.14. The van der Waals surface area contributed by atoms with Gasteiger partial charge in [-0.1, -0.05) is 25.1 Å². The normalized spacial score (nSPS) is 10.6. The van der Waals surface area contributed by atoms with Crippen LogP contribution in [0.2, 0.25) is 0 Å². The van der Waals surface area contributed by atoms with E-state index < -0.39 is 0 Å². The van der Waals surface area contributed by atoms with E-state index in [1.165, 1.54) is 6.07 Å². The molecule has 0 unspecified atom stereocenters. The van der Waals surface area contributed by atoms with Crippen LogP contribution in [0.5, 0.6) is 5.75 Å². The number of hydrogen-bond donors (Lipinski definition) is 0. The molecule has 0 amide bonds. The van der Waals surface area contributed by atoms with Gasteiger partial charge in [0.05, 0.1) is 0 Å². The summed E-state index contributed by atoms with van der Waals surface area (Å²) in [5.41, 5.74) is 3.95. The summed E-state index contributed by atoms with van der Waals surface area (Å²) in [4.78, 5) is 11.7. The summed E-state index contributed by atoms with van der Waals surface area (Å²) < 4.78 is 19.3. The van der Waals surface area contributed by atoms with Crippen molar-refractivity contribution >= 4 is 20.6 Å². The van der Waals surface area contributed by atoms with Gasteiger partial charge in [0.15, 0.2) is 0 Å². The lowest BCUT2D eigenvalue weighted by Crippen LogP contribution is -2.07. The molecule has 0 N–H and O–H groups in total. The molecule has 0 bridgehead atoms. The minimum Gasteiger partial charge on any atom is -0.488 e. The molecule has 2 rings (SSSR count). The molecule has 0 aliphatic rings. The van der Waals surface area contributed by atoms with E-state index in [0.29, 0.717) is 16.9 Å². The summed E-state index contributed by atoms with van der Waals surface area (Å²) in [5, 5.41) is 0. The summed E-state index contributed by atoms with van der Waals surface area (Å²) in [6, 6.07) is 8.74. The third kappa shape index (κ3) is 3.55. The van der Waals surface area contributed by atoms with Crippen LogP contribution in [-0.2, 0) is 13.0 Å². The number of ether oxygens (including phenoxy) is 1. The first kappa shape index (κ1) is 16.7. The molecule has 0 aliphatic carbocycles. The van der Waals surface area contributed by atoms with Crippen LogP contribution >= 0.6 is 15.9 Å². The van der Waals surface area contributed by atoms with Crippen molar-refractivity contribution in [2.24, 2.45) is 0 Å². The molecule has 0 radical (unpaired) electrons. The van der Waals surface area contributed by atoms with Crippen LogP contribution in [-0.4, -0.2) is 4.69 Å². The topological polar surface area (TPSA) is 26.3 Å². The van der Waals surface area contributed by atoms with Crippen LogP contribution in [0.1, 0.15) is 39.5 Å². The molecule has 0 aliphatic heterocycles. The Labute approximate surface area is 138 Å². The highest BCUT2D eigenvalue weighted by Gasteiger charge is 2.14. The van der Waals surface area contributed by atoms with Gasteiger partial charge in [0.2, 0.25) is 4.69 Å². The number of halogens is 2. The second kappa shape index (κ2) is 7.05. The van der Waals surface area contributed by atoms with Crippen molar-refractivity contribution in [2.45, 2.75) is 33.8 Å². The molecule has 2 aromatic carbocycles. The molecule has 0 aromatic heterocycles.